The summed E-state index contributed by atoms with van der Waals surface area (Å²) >= 11 is 0. The van der Waals surface area contributed by atoms with Crippen LogP contribution in [0.4, 0.5) is 8.78 Å². The van der Waals surface area contributed by atoms with Crippen molar-refractivity contribution in [1.82, 2.24) is 10.3 Å². The molecule has 4 nitrogen and oxygen atoms in total. The number of carbonyl (C=O) groups excluding carboxylic acids is 1. The number of halogens is 2. The van der Waals surface area contributed by atoms with E-state index in [0.717, 1.165) is 5.56 Å². The molecule has 0 saturated heterocycles. The third kappa shape index (κ3) is 3.98. The number of carbonyl (C=O) groups is 1. The molecule has 0 aliphatic carbocycles. The van der Waals surface area contributed by atoms with Crippen molar-refractivity contribution in [3.8, 4) is 22.8 Å². The molecule has 0 radical (unpaired) electrons. The Bertz CT molecular complexity index is 1190. The molecular formula is C24H18F2N2O2. The van der Waals surface area contributed by atoms with E-state index in [9.17, 15) is 13.6 Å². The van der Waals surface area contributed by atoms with E-state index >= 15 is 0 Å². The number of rotatable bonds is 5. The lowest BCUT2D eigenvalue weighted by molar-refractivity contribution is 0.0940. The Balaban J connectivity index is 1.61. The molecule has 1 heterocycles. The van der Waals surface area contributed by atoms with Crippen molar-refractivity contribution in [1.29, 1.82) is 0 Å². The highest BCUT2D eigenvalue weighted by molar-refractivity contribution is 6.00. The minimum Gasteiger partial charge on any atom is -0.436 e. The highest BCUT2D eigenvalue weighted by Crippen LogP contribution is 2.29. The second-order valence-corrected chi connectivity index (χ2v) is 6.80. The van der Waals surface area contributed by atoms with Crippen molar-refractivity contribution < 1.29 is 18.0 Å². The molecule has 4 rings (SSSR count). The number of hydrogen-bond acceptors (Lipinski definition) is 3. The molecule has 0 fully saturated rings. The first-order valence-corrected chi connectivity index (χ1v) is 9.39. The fraction of sp³-hybridized carbons (Fsp3) is 0.0833. The van der Waals surface area contributed by atoms with E-state index < -0.39 is 5.82 Å². The Morgan fingerprint density at radius 2 is 1.60 bits per heavy atom. The Labute approximate surface area is 172 Å². The van der Waals surface area contributed by atoms with Gasteiger partial charge in [0, 0.05) is 5.56 Å². The van der Waals surface area contributed by atoms with Crippen LogP contribution in [0.15, 0.2) is 83.4 Å². The average molecular weight is 404 g/mol. The highest BCUT2D eigenvalue weighted by Gasteiger charge is 2.19. The molecular weight excluding hydrogens is 386 g/mol. The first kappa shape index (κ1) is 19.5. The van der Waals surface area contributed by atoms with Crippen LogP contribution in [0, 0.1) is 11.6 Å². The number of nitrogens with zero attached hydrogens (tertiary/aromatic N) is 1. The van der Waals surface area contributed by atoms with Gasteiger partial charge in [-0.05, 0) is 48.9 Å². The summed E-state index contributed by atoms with van der Waals surface area (Å²) in [5, 5.41) is 2.90. The van der Waals surface area contributed by atoms with Gasteiger partial charge in [0.15, 0.2) is 5.76 Å². The third-order valence-corrected chi connectivity index (χ3v) is 4.76. The predicted molar refractivity (Wildman–Crippen MR) is 110 cm³/mol. The molecule has 4 aromatic rings. The summed E-state index contributed by atoms with van der Waals surface area (Å²) in [5.41, 5.74) is 1.93. The van der Waals surface area contributed by atoms with Crippen molar-refractivity contribution in [2.75, 3.05) is 0 Å². The zero-order chi connectivity index (χ0) is 21.1. The van der Waals surface area contributed by atoms with Gasteiger partial charge in [-0.25, -0.2) is 13.8 Å². The van der Waals surface area contributed by atoms with E-state index in [1.54, 1.807) is 54.6 Å². The molecule has 6 heteroatoms. The van der Waals surface area contributed by atoms with Gasteiger partial charge in [0.1, 0.15) is 11.6 Å². The molecule has 1 unspecified atom stereocenters. The molecule has 1 amide bonds. The van der Waals surface area contributed by atoms with Gasteiger partial charge in [0.25, 0.3) is 5.91 Å². The van der Waals surface area contributed by atoms with E-state index in [-0.39, 0.29) is 29.4 Å². The second kappa shape index (κ2) is 8.29. The number of nitrogens with one attached hydrogen (secondary N) is 1. The van der Waals surface area contributed by atoms with E-state index in [4.69, 9.17) is 4.42 Å². The molecule has 1 N–H and O–H groups in total. The molecule has 1 aromatic heterocycles. The van der Waals surface area contributed by atoms with Crippen LogP contribution in [0.3, 0.4) is 0 Å². The zero-order valence-electron chi connectivity index (χ0n) is 16.1. The molecule has 150 valence electrons. The van der Waals surface area contributed by atoms with Gasteiger partial charge in [-0.1, -0.05) is 36.4 Å². The lowest BCUT2D eigenvalue weighted by atomic mass is 10.0. The molecule has 0 saturated carbocycles. The normalized spacial score (nSPS) is 11.8. The number of aromatic nitrogens is 1. The molecule has 30 heavy (non-hydrogen) atoms. The monoisotopic (exact) mass is 404 g/mol. The summed E-state index contributed by atoms with van der Waals surface area (Å²) in [6, 6.07) is 18.8. The van der Waals surface area contributed by atoms with E-state index in [1.165, 1.54) is 24.4 Å². The highest BCUT2D eigenvalue weighted by atomic mass is 19.1. The van der Waals surface area contributed by atoms with Gasteiger partial charge in [-0.15, -0.1) is 0 Å². The van der Waals surface area contributed by atoms with Gasteiger partial charge in [0.05, 0.1) is 23.4 Å². The van der Waals surface area contributed by atoms with Gasteiger partial charge >= 0.3 is 0 Å². The van der Waals surface area contributed by atoms with Crippen molar-refractivity contribution in [3.05, 3.63) is 102 Å². The summed E-state index contributed by atoms with van der Waals surface area (Å²) in [7, 11) is 0. The standard InChI is InChI=1S/C24H18F2N2O2/c1-15(16-10-12-17(25)13-11-16)28-23(29)18-6-2-3-7-19(18)24-27-14-22(30-24)20-8-4-5-9-21(20)26/h2-15H,1H3,(H,28,29). The van der Waals surface area contributed by atoms with Crippen LogP contribution < -0.4 is 5.32 Å². The number of benzene rings is 3. The van der Waals surface area contributed by atoms with Crippen LogP contribution in [0.5, 0.6) is 0 Å². The molecule has 0 spiro atoms. The minimum atomic E-state index is -0.417. The van der Waals surface area contributed by atoms with Gasteiger partial charge in [-0.2, -0.15) is 0 Å². The average Bonchev–Trinajstić information content (AvgIpc) is 3.24. The Hall–Kier alpha value is -3.80. The van der Waals surface area contributed by atoms with Crippen LogP contribution in [0.25, 0.3) is 22.8 Å². The van der Waals surface area contributed by atoms with E-state index in [2.05, 4.69) is 10.3 Å². The van der Waals surface area contributed by atoms with Crippen molar-refractivity contribution in [3.63, 3.8) is 0 Å². The molecule has 0 aliphatic heterocycles. The maximum atomic E-state index is 14.0. The minimum absolute atomic E-state index is 0.216. The Kier molecular flexibility index (Phi) is 5.39. The third-order valence-electron chi connectivity index (χ3n) is 4.76. The topological polar surface area (TPSA) is 55.1 Å². The van der Waals surface area contributed by atoms with E-state index in [0.29, 0.717) is 16.7 Å². The fourth-order valence-electron chi connectivity index (χ4n) is 3.16. The van der Waals surface area contributed by atoms with Gasteiger partial charge in [0.2, 0.25) is 5.89 Å². The molecule has 0 aliphatic rings. The summed E-state index contributed by atoms with van der Waals surface area (Å²) in [5.74, 6) is -0.587. The summed E-state index contributed by atoms with van der Waals surface area (Å²) in [6.45, 7) is 1.81. The van der Waals surface area contributed by atoms with Crippen LogP contribution in [-0.2, 0) is 0 Å². The van der Waals surface area contributed by atoms with Crippen molar-refractivity contribution in [2.24, 2.45) is 0 Å². The summed E-state index contributed by atoms with van der Waals surface area (Å²) in [4.78, 5) is 17.1. The first-order valence-electron chi connectivity index (χ1n) is 9.39. The Morgan fingerprint density at radius 3 is 2.33 bits per heavy atom. The van der Waals surface area contributed by atoms with Crippen molar-refractivity contribution in [2.45, 2.75) is 13.0 Å². The molecule has 3 aromatic carbocycles. The number of amides is 1. The van der Waals surface area contributed by atoms with Crippen molar-refractivity contribution >= 4 is 5.91 Å². The van der Waals surface area contributed by atoms with Crippen LogP contribution >= 0.6 is 0 Å². The molecule has 0 bridgehead atoms. The van der Waals surface area contributed by atoms with Crippen LogP contribution in [0.1, 0.15) is 28.9 Å². The maximum absolute atomic E-state index is 14.0. The predicted octanol–water partition coefficient (Wildman–Crippen LogP) is 5.78. The van der Waals surface area contributed by atoms with Gasteiger partial charge in [-0.3, -0.25) is 4.79 Å². The molecule has 1 atom stereocenters. The maximum Gasteiger partial charge on any atom is 0.252 e. The number of oxazole rings is 1. The fourth-order valence-corrected chi connectivity index (χ4v) is 3.16. The second-order valence-electron chi connectivity index (χ2n) is 6.80. The SMILES string of the molecule is CC(NC(=O)c1ccccc1-c1ncc(-c2ccccc2F)o1)c1ccc(F)cc1. The summed E-state index contributed by atoms with van der Waals surface area (Å²) < 4.78 is 32.9. The largest absolute Gasteiger partial charge is 0.436 e. The zero-order valence-corrected chi connectivity index (χ0v) is 16.1. The Morgan fingerprint density at radius 1 is 0.933 bits per heavy atom. The number of hydrogen-bond donors (Lipinski definition) is 1. The first-order chi connectivity index (χ1) is 14.5. The lowest BCUT2D eigenvalue weighted by Gasteiger charge is -2.15. The lowest BCUT2D eigenvalue weighted by Crippen LogP contribution is -2.27. The quantitative estimate of drug-likeness (QED) is 0.459. The smallest absolute Gasteiger partial charge is 0.252 e. The summed E-state index contributed by atoms with van der Waals surface area (Å²) in [6.07, 6.45) is 1.43. The van der Waals surface area contributed by atoms with E-state index in [1.807, 2.05) is 6.92 Å². The van der Waals surface area contributed by atoms with Crippen LogP contribution in [-0.4, -0.2) is 10.9 Å². The van der Waals surface area contributed by atoms with Crippen LogP contribution in [0.2, 0.25) is 0 Å². The van der Waals surface area contributed by atoms with Gasteiger partial charge < -0.3 is 9.73 Å².